The molecule has 0 fully saturated rings. The largest absolute Gasteiger partial charge is 0.480 e. The number of hydrogen-bond donors (Lipinski definition) is 1. The summed E-state index contributed by atoms with van der Waals surface area (Å²) in [5, 5.41) is 11.9. The van der Waals surface area contributed by atoms with Crippen molar-refractivity contribution in [3.05, 3.63) is 51.4 Å². The highest BCUT2D eigenvalue weighted by Crippen LogP contribution is 2.31. The van der Waals surface area contributed by atoms with Gasteiger partial charge in [0.2, 0.25) is 0 Å². The molecule has 5 nitrogen and oxygen atoms in total. The molecule has 0 radical (unpaired) electrons. The summed E-state index contributed by atoms with van der Waals surface area (Å²) in [7, 11) is 0. The molecule has 25 heavy (non-hydrogen) atoms. The zero-order chi connectivity index (χ0) is 18.1. The Morgan fingerprint density at radius 2 is 1.96 bits per heavy atom. The van der Waals surface area contributed by atoms with Crippen LogP contribution in [0.4, 0.5) is 0 Å². The number of carboxylic acid groups (broad SMARTS) is 1. The number of aromatic nitrogens is 2. The topological polar surface area (TPSA) is 72.2 Å². The maximum Gasteiger partial charge on any atom is 0.326 e. The van der Waals surface area contributed by atoms with Crippen LogP contribution in [0.15, 0.2) is 34.4 Å². The van der Waals surface area contributed by atoms with Crippen LogP contribution < -0.4 is 5.56 Å². The lowest BCUT2D eigenvalue weighted by molar-refractivity contribution is -0.141. The highest BCUT2D eigenvalue weighted by molar-refractivity contribution is 7.17. The van der Waals surface area contributed by atoms with Crippen LogP contribution in [0, 0.1) is 6.92 Å². The number of carbonyl (C=O) groups is 1. The number of rotatable bonds is 5. The molecule has 0 amide bonds. The minimum Gasteiger partial charge on any atom is -0.480 e. The molecule has 1 unspecified atom stereocenters. The maximum atomic E-state index is 13.1. The van der Waals surface area contributed by atoms with Crippen molar-refractivity contribution in [3.63, 3.8) is 0 Å². The molecule has 3 aromatic rings. The molecule has 1 aromatic carbocycles. The average Bonchev–Trinajstić information content (AvgIpc) is 3.02. The standard InChI is InChI=1S/C19H20N2O3S/c1-4-12-6-8-13(9-7-12)14-10-25-17-16(14)18(22)21(11(3)20-17)15(5-2)19(23)24/h6-10,15H,4-5H2,1-3H3,(H,23,24). The van der Waals surface area contributed by atoms with E-state index in [1.165, 1.54) is 21.5 Å². The second-order valence-electron chi connectivity index (χ2n) is 5.98. The van der Waals surface area contributed by atoms with Gasteiger partial charge in [-0.15, -0.1) is 11.3 Å². The summed E-state index contributed by atoms with van der Waals surface area (Å²) in [5.41, 5.74) is 2.70. The molecule has 0 aliphatic rings. The summed E-state index contributed by atoms with van der Waals surface area (Å²) in [5.74, 6) is -0.584. The lowest BCUT2D eigenvalue weighted by atomic mass is 10.0. The SMILES string of the molecule is CCc1ccc(-c2csc3nc(C)n(C(CC)C(=O)O)c(=O)c23)cc1. The maximum absolute atomic E-state index is 13.1. The number of aryl methyl sites for hydroxylation is 2. The molecular weight excluding hydrogens is 336 g/mol. The Hall–Kier alpha value is -2.47. The number of fused-ring (bicyclic) bond motifs is 1. The zero-order valence-corrected chi connectivity index (χ0v) is 15.3. The van der Waals surface area contributed by atoms with Gasteiger partial charge in [0.25, 0.3) is 5.56 Å². The molecule has 130 valence electrons. The first-order valence-corrected chi connectivity index (χ1v) is 9.18. The molecule has 0 bridgehead atoms. The van der Waals surface area contributed by atoms with Crippen LogP contribution in [0.2, 0.25) is 0 Å². The van der Waals surface area contributed by atoms with Crippen molar-refractivity contribution in [2.24, 2.45) is 0 Å². The van der Waals surface area contributed by atoms with E-state index < -0.39 is 12.0 Å². The van der Waals surface area contributed by atoms with E-state index in [4.69, 9.17) is 0 Å². The second kappa shape index (κ2) is 6.80. The van der Waals surface area contributed by atoms with E-state index in [1.807, 2.05) is 29.6 Å². The Balaban J connectivity index is 2.26. The van der Waals surface area contributed by atoms with Gasteiger partial charge in [0, 0.05) is 10.9 Å². The smallest absolute Gasteiger partial charge is 0.326 e. The third kappa shape index (κ3) is 2.98. The highest BCUT2D eigenvalue weighted by Gasteiger charge is 2.24. The van der Waals surface area contributed by atoms with Crippen LogP contribution in [0.25, 0.3) is 21.3 Å². The van der Waals surface area contributed by atoms with Crippen LogP contribution in [0.5, 0.6) is 0 Å². The highest BCUT2D eigenvalue weighted by atomic mass is 32.1. The number of carboxylic acids is 1. The van der Waals surface area contributed by atoms with E-state index in [1.54, 1.807) is 13.8 Å². The Morgan fingerprint density at radius 3 is 2.52 bits per heavy atom. The predicted octanol–water partition coefficient (Wildman–Crippen LogP) is 4.03. The van der Waals surface area contributed by atoms with Crippen LogP contribution in [-0.2, 0) is 11.2 Å². The summed E-state index contributed by atoms with van der Waals surface area (Å²) < 4.78 is 1.31. The van der Waals surface area contributed by atoms with Crippen molar-refractivity contribution < 1.29 is 9.90 Å². The molecule has 0 saturated carbocycles. The van der Waals surface area contributed by atoms with Gasteiger partial charge in [-0.05, 0) is 30.9 Å². The fraction of sp³-hybridized carbons (Fsp3) is 0.316. The number of hydrogen-bond acceptors (Lipinski definition) is 4. The summed E-state index contributed by atoms with van der Waals surface area (Å²) in [4.78, 5) is 29.8. The minimum atomic E-state index is -1.02. The summed E-state index contributed by atoms with van der Waals surface area (Å²) in [6, 6.07) is 7.19. The Morgan fingerprint density at radius 1 is 1.28 bits per heavy atom. The van der Waals surface area contributed by atoms with E-state index in [0.717, 1.165) is 17.5 Å². The molecule has 0 aliphatic heterocycles. The quantitative estimate of drug-likeness (QED) is 0.749. The molecule has 1 atom stereocenters. The zero-order valence-electron chi connectivity index (χ0n) is 14.4. The minimum absolute atomic E-state index is 0.285. The van der Waals surface area contributed by atoms with E-state index in [-0.39, 0.29) is 5.56 Å². The van der Waals surface area contributed by atoms with E-state index in [0.29, 0.717) is 22.5 Å². The number of aliphatic carboxylic acids is 1. The monoisotopic (exact) mass is 356 g/mol. The van der Waals surface area contributed by atoms with Gasteiger partial charge in [0.15, 0.2) is 0 Å². The fourth-order valence-electron chi connectivity index (χ4n) is 3.07. The van der Waals surface area contributed by atoms with Crippen molar-refractivity contribution in [2.45, 2.75) is 39.7 Å². The van der Waals surface area contributed by atoms with Gasteiger partial charge in [0.05, 0.1) is 5.39 Å². The van der Waals surface area contributed by atoms with Crippen molar-refractivity contribution in [3.8, 4) is 11.1 Å². The summed E-state index contributed by atoms with van der Waals surface area (Å²) in [6.45, 7) is 5.53. The molecule has 0 aliphatic carbocycles. The average molecular weight is 356 g/mol. The van der Waals surface area contributed by atoms with E-state index in [2.05, 4.69) is 11.9 Å². The third-order valence-electron chi connectivity index (χ3n) is 4.47. The Kier molecular flexibility index (Phi) is 4.72. The molecule has 1 N–H and O–H groups in total. The first kappa shape index (κ1) is 17.4. The Bertz CT molecular complexity index is 986. The number of nitrogens with zero attached hydrogens (tertiary/aromatic N) is 2. The lowest BCUT2D eigenvalue weighted by Gasteiger charge is -2.16. The van der Waals surface area contributed by atoms with E-state index >= 15 is 0 Å². The predicted molar refractivity (Wildman–Crippen MR) is 100 cm³/mol. The Labute approximate surface area is 149 Å². The summed E-state index contributed by atoms with van der Waals surface area (Å²) >= 11 is 1.41. The van der Waals surface area contributed by atoms with Gasteiger partial charge < -0.3 is 5.11 Å². The van der Waals surface area contributed by atoms with Crippen molar-refractivity contribution in [2.75, 3.05) is 0 Å². The van der Waals surface area contributed by atoms with Gasteiger partial charge >= 0.3 is 5.97 Å². The van der Waals surface area contributed by atoms with Crippen molar-refractivity contribution in [1.82, 2.24) is 9.55 Å². The van der Waals surface area contributed by atoms with Gasteiger partial charge in [-0.2, -0.15) is 0 Å². The molecule has 6 heteroatoms. The number of benzene rings is 1. The van der Waals surface area contributed by atoms with Crippen molar-refractivity contribution in [1.29, 1.82) is 0 Å². The molecule has 2 aromatic heterocycles. The van der Waals surface area contributed by atoms with Crippen LogP contribution >= 0.6 is 11.3 Å². The molecule has 2 heterocycles. The van der Waals surface area contributed by atoms with Gasteiger partial charge in [-0.25, -0.2) is 9.78 Å². The number of thiophene rings is 1. The van der Waals surface area contributed by atoms with Crippen LogP contribution in [-0.4, -0.2) is 20.6 Å². The summed E-state index contributed by atoms with van der Waals surface area (Å²) in [6.07, 6.45) is 1.28. The molecule has 0 saturated heterocycles. The van der Waals surface area contributed by atoms with Gasteiger partial charge in [0.1, 0.15) is 16.7 Å². The first-order chi connectivity index (χ1) is 12.0. The first-order valence-electron chi connectivity index (χ1n) is 8.30. The normalized spacial score (nSPS) is 12.4. The molecule has 0 spiro atoms. The van der Waals surface area contributed by atoms with Gasteiger partial charge in [-0.1, -0.05) is 38.1 Å². The lowest BCUT2D eigenvalue weighted by Crippen LogP contribution is -2.32. The fourth-order valence-corrected chi connectivity index (χ4v) is 4.06. The van der Waals surface area contributed by atoms with Crippen LogP contribution in [0.1, 0.15) is 37.7 Å². The second-order valence-corrected chi connectivity index (χ2v) is 6.83. The van der Waals surface area contributed by atoms with Gasteiger partial charge in [-0.3, -0.25) is 9.36 Å². The van der Waals surface area contributed by atoms with E-state index in [9.17, 15) is 14.7 Å². The third-order valence-corrected chi connectivity index (χ3v) is 5.35. The molecule has 3 rings (SSSR count). The van der Waals surface area contributed by atoms with Crippen LogP contribution in [0.3, 0.4) is 0 Å². The molecular formula is C19H20N2O3S. The van der Waals surface area contributed by atoms with Crippen molar-refractivity contribution >= 4 is 27.5 Å².